The maximum atomic E-state index is 6.23. The lowest BCUT2D eigenvalue weighted by atomic mass is 10.1. The summed E-state index contributed by atoms with van der Waals surface area (Å²) in [6.07, 6.45) is 1.88. The monoisotopic (exact) mass is 481 g/mol. The standard InChI is InChI=1S/C26H25Cl2N3O2/c1-17-21(15-30-29-14-18-9-11-25(32-2)26(13-18)33-3)20-6-4-5-7-24(20)31(17)16-19-8-10-22(27)23(28)12-19/h4-13,15,29H,14,16H2,1-3H3/b30-15+. The lowest BCUT2D eigenvalue weighted by Gasteiger charge is -2.10. The number of aromatic nitrogens is 1. The molecule has 5 nitrogen and oxygen atoms in total. The number of nitrogens with zero attached hydrogens (tertiary/aromatic N) is 2. The van der Waals surface area contributed by atoms with E-state index in [-0.39, 0.29) is 0 Å². The minimum atomic E-state index is 0.558. The number of rotatable bonds is 8. The van der Waals surface area contributed by atoms with Gasteiger partial charge in [-0.1, -0.05) is 53.5 Å². The molecular weight excluding hydrogens is 457 g/mol. The first-order valence-corrected chi connectivity index (χ1v) is 11.3. The van der Waals surface area contributed by atoms with Gasteiger partial charge >= 0.3 is 0 Å². The summed E-state index contributed by atoms with van der Waals surface area (Å²) in [5.41, 5.74) is 8.61. The highest BCUT2D eigenvalue weighted by Crippen LogP contribution is 2.29. The van der Waals surface area contributed by atoms with Gasteiger partial charge < -0.3 is 19.5 Å². The second-order valence-electron chi connectivity index (χ2n) is 7.63. The zero-order chi connectivity index (χ0) is 23.4. The Morgan fingerprint density at radius 2 is 1.67 bits per heavy atom. The van der Waals surface area contributed by atoms with Crippen molar-refractivity contribution in [3.8, 4) is 11.5 Å². The van der Waals surface area contributed by atoms with Gasteiger partial charge in [-0.05, 0) is 48.4 Å². The molecule has 33 heavy (non-hydrogen) atoms. The Kier molecular flexibility index (Phi) is 7.11. The fourth-order valence-corrected chi connectivity index (χ4v) is 4.20. The Balaban J connectivity index is 1.56. The van der Waals surface area contributed by atoms with Crippen molar-refractivity contribution in [3.05, 3.63) is 93.1 Å². The number of halogens is 2. The number of benzene rings is 3. The first-order valence-electron chi connectivity index (χ1n) is 10.5. The molecule has 4 aromatic rings. The lowest BCUT2D eigenvalue weighted by molar-refractivity contribution is 0.354. The highest BCUT2D eigenvalue weighted by atomic mass is 35.5. The number of hydrazone groups is 1. The topological polar surface area (TPSA) is 47.8 Å². The SMILES string of the molecule is COc1ccc(CN/N=C/c2c(C)n(Cc3ccc(Cl)c(Cl)c3)c3ccccc23)cc1OC. The highest BCUT2D eigenvalue weighted by molar-refractivity contribution is 6.42. The van der Waals surface area contributed by atoms with E-state index >= 15 is 0 Å². The van der Waals surface area contributed by atoms with Crippen LogP contribution in [0.15, 0.2) is 65.8 Å². The molecular formula is C26H25Cl2N3O2. The van der Waals surface area contributed by atoms with Crippen LogP contribution < -0.4 is 14.9 Å². The molecule has 0 amide bonds. The summed E-state index contributed by atoms with van der Waals surface area (Å²) in [5, 5.41) is 6.76. The van der Waals surface area contributed by atoms with Crippen molar-refractivity contribution < 1.29 is 9.47 Å². The van der Waals surface area contributed by atoms with Gasteiger partial charge in [0.1, 0.15) is 0 Å². The average molecular weight is 482 g/mol. The predicted molar refractivity (Wildman–Crippen MR) is 136 cm³/mol. The predicted octanol–water partition coefficient (Wildman–Crippen LogP) is 6.45. The van der Waals surface area contributed by atoms with E-state index in [0.717, 1.165) is 33.3 Å². The van der Waals surface area contributed by atoms with Gasteiger partial charge in [0.15, 0.2) is 11.5 Å². The summed E-state index contributed by atoms with van der Waals surface area (Å²) in [4.78, 5) is 0. The first-order chi connectivity index (χ1) is 16.0. The van der Waals surface area contributed by atoms with Gasteiger partial charge in [-0.15, -0.1) is 0 Å². The van der Waals surface area contributed by atoms with Gasteiger partial charge in [0.25, 0.3) is 0 Å². The molecule has 0 fully saturated rings. The molecule has 0 atom stereocenters. The van der Waals surface area contributed by atoms with E-state index < -0.39 is 0 Å². The third kappa shape index (κ3) is 4.95. The summed E-state index contributed by atoms with van der Waals surface area (Å²) in [7, 11) is 3.25. The Labute approximate surface area is 203 Å². The van der Waals surface area contributed by atoms with Gasteiger partial charge in [-0.2, -0.15) is 5.10 Å². The van der Waals surface area contributed by atoms with Crippen molar-refractivity contribution in [1.29, 1.82) is 0 Å². The lowest BCUT2D eigenvalue weighted by Crippen LogP contribution is -2.06. The maximum Gasteiger partial charge on any atom is 0.161 e. The summed E-state index contributed by atoms with van der Waals surface area (Å²) >= 11 is 12.3. The van der Waals surface area contributed by atoms with Crippen LogP contribution in [0.2, 0.25) is 10.0 Å². The molecule has 0 aliphatic carbocycles. The number of nitrogens with one attached hydrogen (secondary N) is 1. The quantitative estimate of drug-likeness (QED) is 0.232. The van der Waals surface area contributed by atoms with Crippen molar-refractivity contribution >= 4 is 40.3 Å². The van der Waals surface area contributed by atoms with Gasteiger partial charge in [0, 0.05) is 28.7 Å². The molecule has 1 aromatic heterocycles. The Morgan fingerprint density at radius 1 is 0.909 bits per heavy atom. The van der Waals surface area contributed by atoms with E-state index in [0.29, 0.717) is 34.6 Å². The van der Waals surface area contributed by atoms with Gasteiger partial charge in [-0.3, -0.25) is 0 Å². The zero-order valence-corrected chi connectivity index (χ0v) is 20.2. The number of ether oxygens (including phenoxy) is 2. The second-order valence-corrected chi connectivity index (χ2v) is 8.45. The summed E-state index contributed by atoms with van der Waals surface area (Å²) in [6.45, 7) is 3.36. The summed E-state index contributed by atoms with van der Waals surface area (Å²) in [5.74, 6) is 1.40. The van der Waals surface area contributed by atoms with Crippen LogP contribution in [0.3, 0.4) is 0 Å². The van der Waals surface area contributed by atoms with Crippen LogP contribution in [-0.2, 0) is 13.1 Å². The molecule has 0 aliphatic rings. The molecule has 0 saturated carbocycles. The van der Waals surface area contributed by atoms with Gasteiger partial charge in [-0.25, -0.2) is 0 Å². The third-order valence-corrected chi connectivity index (χ3v) is 6.36. The van der Waals surface area contributed by atoms with Gasteiger partial charge in [0.2, 0.25) is 0 Å². The molecule has 0 bridgehead atoms. The number of para-hydroxylation sites is 1. The third-order valence-electron chi connectivity index (χ3n) is 5.62. The maximum absolute atomic E-state index is 6.23. The second kappa shape index (κ2) is 10.2. The highest BCUT2D eigenvalue weighted by Gasteiger charge is 2.13. The molecule has 1 N–H and O–H groups in total. The smallest absolute Gasteiger partial charge is 0.161 e. The van der Waals surface area contributed by atoms with Crippen LogP contribution in [0.25, 0.3) is 10.9 Å². The van der Waals surface area contributed by atoms with Crippen molar-refractivity contribution in [1.82, 2.24) is 9.99 Å². The van der Waals surface area contributed by atoms with E-state index in [2.05, 4.69) is 34.2 Å². The van der Waals surface area contributed by atoms with Crippen LogP contribution in [0.5, 0.6) is 11.5 Å². The minimum Gasteiger partial charge on any atom is -0.493 e. The molecule has 1 heterocycles. The Bertz CT molecular complexity index is 1310. The molecule has 0 unspecified atom stereocenters. The normalized spacial score (nSPS) is 11.3. The van der Waals surface area contributed by atoms with Crippen LogP contribution in [0.1, 0.15) is 22.4 Å². The molecule has 7 heteroatoms. The zero-order valence-electron chi connectivity index (χ0n) is 18.7. The van der Waals surface area contributed by atoms with Crippen LogP contribution in [0, 0.1) is 6.92 Å². The molecule has 0 spiro atoms. The molecule has 0 radical (unpaired) electrons. The van der Waals surface area contributed by atoms with Crippen molar-refractivity contribution in [2.45, 2.75) is 20.0 Å². The molecule has 0 aliphatic heterocycles. The summed E-state index contributed by atoms with van der Waals surface area (Å²) < 4.78 is 12.9. The first kappa shape index (κ1) is 23.0. The fourth-order valence-electron chi connectivity index (χ4n) is 3.88. The largest absolute Gasteiger partial charge is 0.493 e. The van der Waals surface area contributed by atoms with Crippen molar-refractivity contribution in [3.63, 3.8) is 0 Å². The van der Waals surface area contributed by atoms with Crippen LogP contribution in [-0.4, -0.2) is 25.0 Å². The molecule has 170 valence electrons. The Hall–Kier alpha value is -3.15. The van der Waals surface area contributed by atoms with E-state index in [1.165, 1.54) is 0 Å². The van der Waals surface area contributed by atoms with Crippen molar-refractivity contribution in [2.24, 2.45) is 5.10 Å². The Morgan fingerprint density at radius 3 is 2.42 bits per heavy atom. The van der Waals surface area contributed by atoms with E-state index in [1.807, 2.05) is 54.7 Å². The van der Waals surface area contributed by atoms with Crippen molar-refractivity contribution in [2.75, 3.05) is 14.2 Å². The van der Waals surface area contributed by atoms with E-state index in [1.54, 1.807) is 14.2 Å². The minimum absolute atomic E-state index is 0.558. The van der Waals surface area contributed by atoms with E-state index in [9.17, 15) is 0 Å². The average Bonchev–Trinajstić information content (AvgIpc) is 3.09. The van der Waals surface area contributed by atoms with Gasteiger partial charge in [0.05, 0.1) is 37.0 Å². The van der Waals surface area contributed by atoms with Crippen LogP contribution in [0.4, 0.5) is 0 Å². The summed E-state index contributed by atoms with van der Waals surface area (Å²) in [6, 6.07) is 19.9. The van der Waals surface area contributed by atoms with E-state index in [4.69, 9.17) is 32.7 Å². The molecule has 4 rings (SSSR count). The number of methoxy groups -OCH3 is 2. The number of fused-ring (bicyclic) bond motifs is 1. The molecule has 0 saturated heterocycles. The number of hydrogen-bond donors (Lipinski definition) is 1. The molecule has 3 aromatic carbocycles. The van der Waals surface area contributed by atoms with Crippen LogP contribution >= 0.6 is 23.2 Å². The number of hydrogen-bond acceptors (Lipinski definition) is 4. The fraction of sp³-hybridized carbons (Fsp3) is 0.192.